The molecule has 2 rings (SSSR count). The van der Waals surface area contributed by atoms with E-state index in [1.807, 2.05) is 74.5 Å². The Kier molecular flexibility index (Phi) is 30.2. The molecule has 44 heavy (non-hydrogen) atoms. The van der Waals surface area contributed by atoms with Crippen LogP contribution in [-0.4, -0.2) is 47.3 Å². The molecule has 0 amide bonds. The molecule has 0 aromatic heterocycles. The summed E-state index contributed by atoms with van der Waals surface area (Å²) in [5, 5.41) is 16.1. The van der Waals surface area contributed by atoms with Gasteiger partial charge in [0.2, 0.25) is 0 Å². The number of hydrogen-bond donors (Lipinski definition) is 2. The van der Waals surface area contributed by atoms with Gasteiger partial charge in [0.25, 0.3) is 0 Å². The van der Waals surface area contributed by atoms with E-state index >= 15 is 0 Å². The zero-order chi connectivity index (χ0) is 34.2. The van der Waals surface area contributed by atoms with Crippen molar-refractivity contribution in [2.24, 2.45) is 0 Å². The van der Waals surface area contributed by atoms with Gasteiger partial charge < -0.3 is 19.7 Å². The molecule has 0 bridgehead atoms. The van der Waals surface area contributed by atoms with Crippen LogP contribution in [0.4, 0.5) is 0 Å². The molecule has 0 fully saturated rings. The lowest BCUT2D eigenvalue weighted by molar-refractivity contribution is -0.138. The lowest BCUT2D eigenvalue weighted by Crippen LogP contribution is -2.06. The molecule has 0 radical (unpaired) electrons. The Morgan fingerprint density at radius 2 is 1.32 bits per heavy atom. The third kappa shape index (κ3) is 29.7. The molecule has 2 aromatic carbocycles. The minimum absolute atomic E-state index is 0.0433. The molecule has 2 N–H and O–H groups in total. The maximum Gasteiger partial charge on any atom is 0.337 e. The quantitative estimate of drug-likeness (QED) is 0.114. The minimum atomic E-state index is -1.08. The highest BCUT2D eigenvalue weighted by molar-refractivity contribution is 5.94. The predicted molar refractivity (Wildman–Crippen MR) is 179 cm³/mol. The van der Waals surface area contributed by atoms with Crippen LogP contribution < -0.4 is 0 Å². The number of carboxylic acids is 2. The van der Waals surface area contributed by atoms with Crippen molar-refractivity contribution >= 4 is 36.0 Å². The molecule has 0 saturated heterocycles. The third-order valence-corrected chi connectivity index (χ3v) is 4.54. The van der Waals surface area contributed by atoms with Gasteiger partial charge in [-0.15, -0.1) is 0 Å². The Labute approximate surface area is 262 Å². The van der Waals surface area contributed by atoms with Crippen molar-refractivity contribution in [3.05, 3.63) is 134 Å². The highest BCUT2D eigenvalue weighted by Gasteiger charge is 2.07. The van der Waals surface area contributed by atoms with Gasteiger partial charge in [0.15, 0.2) is 0 Å². The largest absolute Gasteiger partial charge is 0.478 e. The molecule has 2 aromatic rings. The van der Waals surface area contributed by atoms with Crippen LogP contribution >= 0.6 is 0 Å². The van der Waals surface area contributed by atoms with Crippen LogP contribution in [0.25, 0.3) is 12.2 Å². The summed E-state index contributed by atoms with van der Waals surface area (Å²) in [6, 6.07) is 20.3. The van der Waals surface area contributed by atoms with Crippen LogP contribution in [-0.2, 0) is 28.7 Å². The van der Waals surface area contributed by atoms with Crippen LogP contribution in [0.2, 0.25) is 0 Å². The minimum Gasteiger partial charge on any atom is -0.478 e. The number of ether oxygens (including phenoxy) is 2. The van der Waals surface area contributed by atoms with Crippen molar-refractivity contribution in [3.8, 4) is 0 Å². The molecule has 0 aliphatic carbocycles. The fourth-order valence-corrected chi connectivity index (χ4v) is 2.33. The Morgan fingerprint density at radius 1 is 0.818 bits per heavy atom. The first kappa shape index (κ1) is 43.2. The van der Waals surface area contributed by atoms with Crippen molar-refractivity contribution in [3.63, 3.8) is 0 Å². The average molecular weight is 607 g/mol. The second-order valence-corrected chi connectivity index (χ2v) is 8.17. The summed E-state index contributed by atoms with van der Waals surface area (Å²) in [6.07, 6.45) is 11.1. The number of rotatable bonds is 11. The summed E-state index contributed by atoms with van der Waals surface area (Å²) in [6.45, 7) is 21.1. The number of aliphatic carboxylic acids is 2. The first-order valence-electron chi connectivity index (χ1n) is 13.7. The van der Waals surface area contributed by atoms with E-state index in [0.717, 1.165) is 18.9 Å². The monoisotopic (exact) mass is 606 g/mol. The van der Waals surface area contributed by atoms with Gasteiger partial charge in [-0.1, -0.05) is 119 Å². The first-order chi connectivity index (χ1) is 20.9. The van der Waals surface area contributed by atoms with Gasteiger partial charge in [-0.3, -0.25) is 0 Å². The van der Waals surface area contributed by atoms with Crippen LogP contribution in [0, 0.1) is 0 Å². The molecule has 0 aliphatic rings. The van der Waals surface area contributed by atoms with E-state index in [1.54, 1.807) is 6.92 Å². The standard InChI is InChI=1S/C9H12O4.C9H10.C8H8.C7H12O2.C3H4O2/c1-4-13-9(12)7(3)5-6(2)8(10)11;1-2-6-9-7-4-3-5-8-9;1-2-8-6-4-3-5-7-8;1-3-5-6-9-7(8)4-2;1-2-3(4)5/h5H,3-4H2,1-2H3,(H,10,11);2-8H,1H3;2-7H,1H2;4H,2-3,5-6H2,1H3;2H,1H2,(H,4,5). The molecule has 0 spiro atoms. The van der Waals surface area contributed by atoms with Crippen LogP contribution in [0.15, 0.2) is 122 Å². The number of unbranched alkanes of at least 4 members (excludes halogenated alkanes) is 1. The Hall–Kier alpha value is -5.24. The molecular weight excluding hydrogens is 560 g/mol. The summed E-state index contributed by atoms with van der Waals surface area (Å²) in [4.78, 5) is 40.9. The predicted octanol–water partition coefficient (Wildman–Crippen LogP) is 7.96. The van der Waals surface area contributed by atoms with Crippen molar-refractivity contribution < 1.29 is 38.9 Å². The molecule has 0 heterocycles. The first-order valence-corrected chi connectivity index (χ1v) is 13.7. The molecule has 238 valence electrons. The van der Waals surface area contributed by atoms with E-state index in [2.05, 4.69) is 54.0 Å². The van der Waals surface area contributed by atoms with Gasteiger partial charge in [0.1, 0.15) is 0 Å². The number of benzene rings is 2. The lowest BCUT2D eigenvalue weighted by Gasteiger charge is -2.00. The topological polar surface area (TPSA) is 127 Å². The van der Waals surface area contributed by atoms with E-state index in [-0.39, 0.29) is 23.7 Å². The smallest absolute Gasteiger partial charge is 0.337 e. The summed E-state index contributed by atoms with van der Waals surface area (Å²) >= 11 is 0. The molecular formula is C36H46O8. The maximum absolute atomic E-state index is 10.9. The van der Waals surface area contributed by atoms with Crippen molar-refractivity contribution in [2.75, 3.05) is 13.2 Å². The second kappa shape index (κ2) is 30.7. The highest BCUT2D eigenvalue weighted by Crippen LogP contribution is 2.03. The van der Waals surface area contributed by atoms with Gasteiger partial charge in [-0.25, -0.2) is 19.2 Å². The molecule has 0 aliphatic heterocycles. The third-order valence-electron chi connectivity index (χ3n) is 4.54. The molecule has 0 atom stereocenters. The molecule has 0 unspecified atom stereocenters. The zero-order valence-electron chi connectivity index (χ0n) is 26.2. The molecule has 8 heteroatoms. The van der Waals surface area contributed by atoms with Crippen LogP contribution in [0.3, 0.4) is 0 Å². The van der Waals surface area contributed by atoms with Crippen molar-refractivity contribution in [2.45, 2.75) is 40.5 Å². The van der Waals surface area contributed by atoms with Crippen LogP contribution in [0.1, 0.15) is 51.7 Å². The van der Waals surface area contributed by atoms with Gasteiger partial charge in [0, 0.05) is 17.7 Å². The Balaban J connectivity index is -0.000000491. The number of allylic oxidation sites excluding steroid dienone is 1. The average Bonchev–Trinajstić information content (AvgIpc) is 3.03. The molecule has 8 nitrogen and oxygen atoms in total. The maximum atomic E-state index is 10.9. The van der Waals surface area contributed by atoms with E-state index in [1.165, 1.54) is 30.2 Å². The summed E-state index contributed by atoms with van der Waals surface area (Å²) < 4.78 is 9.28. The van der Waals surface area contributed by atoms with Crippen LogP contribution in [0.5, 0.6) is 0 Å². The number of carbonyl (C=O) groups excluding carboxylic acids is 2. The van der Waals surface area contributed by atoms with Crippen molar-refractivity contribution in [1.82, 2.24) is 0 Å². The van der Waals surface area contributed by atoms with Gasteiger partial charge in [-0.05, 0) is 44.4 Å². The van der Waals surface area contributed by atoms with Crippen molar-refractivity contribution in [1.29, 1.82) is 0 Å². The molecule has 0 saturated carbocycles. The summed E-state index contributed by atoms with van der Waals surface area (Å²) in [5.41, 5.74) is 2.53. The summed E-state index contributed by atoms with van der Waals surface area (Å²) in [7, 11) is 0. The lowest BCUT2D eigenvalue weighted by atomic mass is 10.2. The summed E-state index contributed by atoms with van der Waals surface area (Å²) in [5.74, 6) is -2.98. The van der Waals surface area contributed by atoms with Gasteiger partial charge in [0.05, 0.1) is 18.8 Å². The SMILES string of the molecule is C=C(C=C(C)C(=O)O)C(=O)OCC.C=CC(=O)O.C=CC(=O)OCCCC.C=Cc1ccccc1.CC=Cc1ccccc1. The zero-order valence-corrected chi connectivity index (χ0v) is 26.2. The van der Waals surface area contributed by atoms with E-state index in [0.29, 0.717) is 6.61 Å². The number of esters is 2. The normalized spacial score (nSPS) is 9.32. The fraction of sp³-hybridized carbons (Fsp3) is 0.222. The number of carbonyl (C=O) groups is 4. The van der Waals surface area contributed by atoms with E-state index in [9.17, 15) is 19.2 Å². The fourth-order valence-electron chi connectivity index (χ4n) is 2.33. The number of carboxylic acid groups (broad SMARTS) is 2. The Bertz CT molecular complexity index is 1190. The number of hydrogen-bond acceptors (Lipinski definition) is 6. The van der Waals surface area contributed by atoms with Gasteiger partial charge in [-0.2, -0.15) is 0 Å². The Morgan fingerprint density at radius 3 is 1.66 bits per heavy atom. The highest BCUT2D eigenvalue weighted by atomic mass is 16.5. The van der Waals surface area contributed by atoms with E-state index in [4.69, 9.17) is 10.2 Å². The second-order valence-electron chi connectivity index (χ2n) is 8.17. The van der Waals surface area contributed by atoms with E-state index < -0.39 is 17.9 Å². The van der Waals surface area contributed by atoms with Gasteiger partial charge >= 0.3 is 23.9 Å².